The minimum absolute atomic E-state index is 0.422. The predicted molar refractivity (Wildman–Crippen MR) is 63.7 cm³/mol. The highest BCUT2D eigenvalue weighted by Crippen LogP contribution is 2.37. The molecule has 7 heteroatoms. The molecule has 1 saturated heterocycles. The third kappa shape index (κ3) is 2.29. The Morgan fingerprint density at radius 2 is 2.06 bits per heavy atom. The minimum atomic E-state index is -1.33. The van der Waals surface area contributed by atoms with Crippen LogP contribution in [-0.2, 0) is 4.74 Å². The van der Waals surface area contributed by atoms with Gasteiger partial charge in [-0.05, 0) is 6.92 Å². The van der Waals surface area contributed by atoms with Gasteiger partial charge in [-0.2, -0.15) is 0 Å². The number of nitrogens with zero attached hydrogens (tertiary/aromatic N) is 2. The van der Waals surface area contributed by atoms with E-state index in [1.54, 1.807) is 4.90 Å². The largest absolute Gasteiger partial charge is 0.388 e. The zero-order valence-electron chi connectivity index (χ0n) is 9.95. The molecule has 0 aromatic heterocycles. The van der Waals surface area contributed by atoms with Gasteiger partial charge in [0, 0.05) is 14.1 Å². The topological polar surface area (TPSA) is 65.3 Å². The Kier molecular flexibility index (Phi) is 3.63. The van der Waals surface area contributed by atoms with Gasteiger partial charge in [-0.15, -0.1) is 0 Å². The molecule has 98 valence electrons. The van der Waals surface area contributed by atoms with Crippen molar-refractivity contribution >= 4 is 16.9 Å². The monoisotopic (exact) mass is 264 g/mol. The average molecular weight is 264 g/mol. The summed E-state index contributed by atoms with van der Waals surface area (Å²) < 4.78 is 18.7. The first-order valence-corrected chi connectivity index (χ1v) is 6.37. The number of hydrogen-bond donors (Lipinski definition) is 2. The van der Waals surface area contributed by atoms with E-state index in [0.717, 1.165) is 5.17 Å². The highest BCUT2D eigenvalue weighted by molar-refractivity contribution is 8.14. The molecule has 2 heterocycles. The number of fused-ring (bicyclic) bond motifs is 1. The van der Waals surface area contributed by atoms with Crippen molar-refractivity contribution in [3.8, 4) is 0 Å². The van der Waals surface area contributed by atoms with Gasteiger partial charge in [-0.1, -0.05) is 11.8 Å². The first-order chi connectivity index (χ1) is 7.91. The summed E-state index contributed by atoms with van der Waals surface area (Å²) in [6, 6.07) is -0.526. The van der Waals surface area contributed by atoms with E-state index < -0.39 is 36.0 Å². The Balaban J connectivity index is 2.15. The number of aliphatic hydroxyl groups is 2. The van der Waals surface area contributed by atoms with E-state index in [0.29, 0.717) is 0 Å². The van der Waals surface area contributed by atoms with Crippen LogP contribution in [0.4, 0.5) is 4.39 Å². The van der Waals surface area contributed by atoms with Crippen LogP contribution in [0.5, 0.6) is 0 Å². The molecule has 0 saturated carbocycles. The van der Waals surface area contributed by atoms with Gasteiger partial charge in [0.25, 0.3) is 0 Å². The fourth-order valence-corrected chi connectivity index (χ4v) is 3.12. The van der Waals surface area contributed by atoms with Crippen molar-refractivity contribution in [1.29, 1.82) is 0 Å². The SMILES string of the molecule is CC(F)[C@H]1O[C@@H]2SC(N(C)C)=N[C@@H]2[C@@H](O)[C@@H]1O. The highest BCUT2D eigenvalue weighted by atomic mass is 32.2. The maximum atomic E-state index is 13.3. The Labute approximate surface area is 104 Å². The molecule has 6 atom stereocenters. The van der Waals surface area contributed by atoms with Crippen LogP contribution in [-0.4, -0.2) is 70.3 Å². The van der Waals surface area contributed by atoms with Crippen molar-refractivity contribution in [2.24, 2.45) is 4.99 Å². The number of aliphatic hydroxyl groups excluding tert-OH is 2. The normalized spacial score (nSPS) is 42.9. The van der Waals surface area contributed by atoms with Gasteiger partial charge in [0.15, 0.2) is 5.17 Å². The fraction of sp³-hybridized carbons (Fsp3) is 0.900. The summed E-state index contributed by atoms with van der Waals surface area (Å²) in [5, 5.41) is 20.4. The van der Waals surface area contributed by atoms with Crippen LogP contribution in [0.2, 0.25) is 0 Å². The second-order valence-electron chi connectivity index (χ2n) is 4.54. The van der Waals surface area contributed by atoms with E-state index in [9.17, 15) is 14.6 Å². The van der Waals surface area contributed by atoms with Crippen molar-refractivity contribution in [2.75, 3.05) is 14.1 Å². The van der Waals surface area contributed by atoms with E-state index in [-0.39, 0.29) is 0 Å². The Morgan fingerprint density at radius 1 is 1.41 bits per heavy atom. The van der Waals surface area contributed by atoms with Crippen molar-refractivity contribution in [2.45, 2.75) is 42.9 Å². The first kappa shape index (κ1) is 13.1. The maximum absolute atomic E-state index is 13.3. The van der Waals surface area contributed by atoms with Gasteiger partial charge in [-0.25, -0.2) is 4.39 Å². The molecule has 2 aliphatic heterocycles. The third-order valence-electron chi connectivity index (χ3n) is 2.92. The van der Waals surface area contributed by atoms with Crippen molar-refractivity contribution in [1.82, 2.24) is 4.90 Å². The smallest absolute Gasteiger partial charge is 0.161 e. The number of amidine groups is 1. The third-order valence-corrected chi connectivity index (χ3v) is 4.23. The predicted octanol–water partition coefficient (Wildman–Crippen LogP) is -0.176. The van der Waals surface area contributed by atoms with E-state index in [1.165, 1.54) is 18.7 Å². The summed E-state index contributed by atoms with van der Waals surface area (Å²) in [7, 11) is 3.67. The lowest BCUT2D eigenvalue weighted by Gasteiger charge is -2.38. The Morgan fingerprint density at radius 3 is 2.59 bits per heavy atom. The minimum Gasteiger partial charge on any atom is -0.388 e. The van der Waals surface area contributed by atoms with Gasteiger partial charge in [0.05, 0.1) is 0 Å². The second kappa shape index (κ2) is 4.72. The van der Waals surface area contributed by atoms with Crippen LogP contribution in [0.3, 0.4) is 0 Å². The van der Waals surface area contributed by atoms with E-state index in [4.69, 9.17) is 4.74 Å². The number of alkyl halides is 1. The summed E-state index contributed by atoms with van der Waals surface area (Å²) in [6.45, 7) is 1.31. The van der Waals surface area contributed by atoms with Crippen molar-refractivity contribution in [3.05, 3.63) is 0 Å². The molecule has 0 spiro atoms. The highest BCUT2D eigenvalue weighted by Gasteiger charge is 2.50. The number of rotatable bonds is 1. The number of aliphatic imine (C=N–C) groups is 1. The van der Waals surface area contributed by atoms with Crippen LogP contribution < -0.4 is 0 Å². The standard InChI is InChI=1S/C10H17FN2O3S/c1-4(11)8-7(15)6(14)5-9(16-8)17-10(12-5)13(2)3/h4-9,14-15H,1-3H3/t4?,5-,6-,7+,8-,9-/m1/s1. The number of thioether (sulfide) groups is 1. The van der Waals surface area contributed by atoms with Gasteiger partial charge < -0.3 is 19.8 Å². The lowest BCUT2D eigenvalue weighted by molar-refractivity contribution is -0.170. The summed E-state index contributed by atoms with van der Waals surface area (Å²) in [5.41, 5.74) is -0.422. The molecule has 2 aliphatic rings. The Hall–Kier alpha value is -0.370. The summed E-state index contributed by atoms with van der Waals surface area (Å²) >= 11 is 1.35. The average Bonchev–Trinajstić information content (AvgIpc) is 2.67. The maximum Gasteiger partial charge on any atom is 0.161 e. The van der Waals surface area contributed by atoms with Gasteiger partial charge in [0.1, 0.15) is 36.0 Å². The second-order valence-corrected chi connectivity index (χ2v) is 5.61. The molecule has 0 amide bonds. The van der Waals surface area contributed by atoms with Gasteiger partial charge in [-0.3, -0.25) is 4.99 Å². The summed E-state index contributed by atoms with van der Waals surface area (Å²) in [6.07, 6.45) is -4.64. The summed E-state index contributed by atoms with van der Waals surface area (Å²) in [5.74, 6) is 0. The lowest BCUT2D eigenvalue weighted by Crippen LogP contribution is -2.57. The van der Waals surface area contributed by atoms with Crippen LogP contribution >= 0.6 is 11.8 Å². The fourth-order valence-electron chi connectivity index (χ4n) is 1.97. The van der Waals surface area contributed by atoms with E-state index >= 15 is 0 Å². The molecule has 5 nitrogen and oxygen atoms in total. The van der Waals surface area contributed by atoms with Gasteiger partial charge >= 0.3 is 0 Å². The van der Waals surface area contributed by atoms with Gasteiger partial charge in [0.2, 0.25) is 0 Å². The number of halogens is 1. The van der Waals surface area contributed by atoms with Crippen LogP contribution in [0, 0.1) is 0 Å². The lowest BCUT2D eigenvalue weighted by atomic mass is 9.96. The molecular weight excluding hydrogens is 247 g/mol. The molecule has 17 heavy (non-hydrogen) atoms. The molecule has 0 aromatic rings. The Bertz CT molecular complexity index is 327. The van der Waals surface area contributed by atoms with Crippen molar-refractivity contribution < 1.29 is 19.3 Å². The molecule has 2 rings (SSSR count). The van der Waals surface area contributed by atoms with Crippen LogP contribution in [0.1, 0.15) is 6.92 Å². The molecule has 0 aromatic carbocycles. The molecular formula is C10H17FN2O3S. The van der Waals surface area contributed by atoms with E-state index in [1.807, 2.05) is 14.1 Å². The van der Waals surface area contributed by atoms with E-state index in [2.05, 4.69) is 4.99 Å². The quantitative estimate of drug-likeness (QED) is 0.688. The summed E-state index contributed by atoms with van der Waals surface area (Å²) in [4.78, 5) is 6.09. The molecule has 0 bridgehead atoms. The molecule has 0 aliphatic carbocycles. The number of ether oxygens (including phenoxy) is 1. The number of hydrogen-bond acceptors (Lipinski definition) is 6. The van der Waals surface area contributed by atoms with Crippen molar-refractivity contribution in [3.63, 3.8) is 0 Å². The zero-order valence-corrected chi connectivity index (χ0v) is 10.8. The first-order valence-electron chi connectivity index (χ1n) is 5.49. The molecule has 2 N–H and O–H groups in total. The van der Waals surface area contributed by atoms with Crippen LogP contribution in [0.25, 0.3) is 0 Å². The molecule has 0 radical (unpaired) electrons. The molecule has 1 fully saturated rings. The zero-order chi connectivity index (χ0) is 12.7. The molecule has 1 unspecified atom stereocenters. The van der Waals surface area contributed by atoms with Crippen LogP contribution in [0.15, 0.2) is 4.99 Å².